The molecular weight excluding hydrogens is 531 g/mol. The summed E-state index contributed by atoms with van der Waals surface area (Å²) in [7, 11) is 0. The van der Waals surface area contributed by atoms with Crippen molar-refractivity contribution < 1.29 is 21.9 Å². The summed E-state index contributed by atoms with van der Waals surface area (Å²) in [6.45, 7) is -1.30. The predicted octanol–water partition coefficient (Wildman–Crippen LogP) is 6.41. The molecule has 4 aromatic rings. The van der Waals surface area contributed by atoms with Crippen LogP contribution in [0.1, 0.15) is 11.3 Å². The molecule has 0 saturated carbocycles. The van der Waals surface area contributed by atoms with Crippen LogP contribution in [0.4, 0.5) is 13.2 Å². The van der Waals surface area contributed by atoms with E-state index in [-0.39, 0.29) is 16.4 Å². The summed E-state index contributed by atoms with van der Waals surface area (Å²) in [5.41, 5.74) is 3.43. The van der Waals surface area contributed by atoms with Gasteiger partial charge in [-0.3, -0.25) is 4.57 Å². The molecule has 0 saturated heterocycles. The van der Waals surface area contributed by atoms with Gasteiger partial charge in [0.15, 0.2) is 11.1 Å². The van der Waals surface area contributed by atoms with Gasteiger partial charge in [-0.15, -0.1) is 0 Å². The first kappa shape index (κ1) is 26.0. The zero-order valence-electron chi connectivity index (χ0n) is 18.5. The molecule has 0 amide bonds. The molecule has 3 aromatic carbocycles. The molecule has 0 bridgehead atoms. The number of hydrogen-bond acceptors (Lipinski definition) is 3. The third-order valence-corrected chi connectivity index (χ3v) is 6.47. The molecule has 186 valence electrons. The second-order valence-corrected chi connectivity index (χ2v) is 9.52. The molecule has 0 aliphatic carbocycles. The second-order valence-electron chi connectivity index (χ2n) is 7.77. The van der Waals surface area contributed by atoms with Crippen molar-refractivity contribution in [1.29, 1.82) is 0 Å². The molecule has 4 rings (SSSR count). The van der Waals surface area contributed by atoms with Crippen molar-refractivity contribution in [3.8, 4) is 28.2 Å². The van der Waals surface area contributed by atoms with E-state index in [1.165, 1.54) is 6.20 Å². The number of benzene rings is 3. The molecule has 1 unspecified atom stereocenters. The van der Waals surface area contributed by atoms with Gasteiger partial charge in [-0.05, 0) is 41.0 Å². The zero-order chi connectivity index (χ0) is 25.9. The fourth-order valence-corrected chi connectivity index (χ4v) is 4.54. The van der Waals surface area contributed by atoms with E-state index in [1.54, 1.807) is 41.0 Å². The van der Waals surface area contributed by atoms with Gasteiger partial charge in [0.1, 0.15) is 23.1 Å². The van der Waals surface area contributed by atoms with Crippen LogP contribution in [0.2, 0.25) is 5.02 Å². The smallest absolute Gasteiger partial charge is 0.366 e. The van der Waals surface area contributed by atoms with E-state index in [1.807, 2.05) is 36.4 Å². The monoisotopic (exact) mass is 549 g/mol. The van der Waals surface area contributed by atoms with Crippen LogP contribution in [0, 0.1) is 0 Å². The highest BCUT2D eigenvalue weighted by molar-refractivity contribution is 7.80. The van der Waals surface area contributed by atoms with Crippen LogP contribution in [0.5, 0.6) is 0 Å². The van der Waals surface area contributed by atoms with Crippen molar-refractivity contribution in [2.75, 3.05) is 6.54 Å². The quantitative estimate of drug-likeness (QED) is 0.206. The average molecular weight is 550 g/mol. The van der Waals surface area contributed by atoms with Crippen LogP contribution in [-0.2, 0) is 16.8 Å². The zero-order valence-corrected chi connectivity index (χ0v) is 20.9. The van der Waals surface area contributed by atoms with Crippen LogP contribution >= 0.6 is 23.8 Å². The number of halogens is 4. The molecule has 1 atom stereocenters. The van der Waals surface area contributed by atoms with Gasteiger partial charge in [0, 0.05) is 11.8 Å². The summed E-state index contributed by atoms with van der Waals surface area (Å²) >= 11 is 9.43. The van der Waals surface area contributed by atoms with Crippen LogP contribution < -0.4 is 5.32 Å². The molecule has 36 heavy (non-hydrogen) atoms. The maximum Gasteiger partial charge on any atom is 0.405 e. The van der Waals surface area contributed by atoms with Crippen molar-refractivity contribution in [3.63, 3.8) is 0 Å². The van der Waals surface area contributed by atoms with Gasteiger partial charge in [0.2, 0.25) is 0 Å². The number of aromatic nitrogens is 2. The molecule has 1 aromatic heterocycles. The van der Waals surface area contributed by atoms with Gasteiger partial charge >= 0.3 is 6.18 Å². The average Bonchev–Trinajstić information content (AvgIpc) is 3.27. The molecule has 0 fully saturated rings. The number of nitrogens with zero attached hydrogens (tertiary/aromatic N) is 2. The van der Waals surface area contributed by atoms with Crippen LogP contribution in [-0.4, -0.2) is 36.0 Å². The van der Waals surface area contributed by atoms with E-state index in [2.05, 4.69) is 10.3 Å². The Morgan fingerprint density at radius 2 is 1.75 bits per heavy atom. The van der Waals surface area contributed by atoms with E-state index in [4.69, 9.17) is 23.8 Å². The maximum atomic E-state index is 12.7. The molecule has 2 N–H and O–H groups in total. The van der Waals surface area contributed by atoms with Crippen molar-refractivity contribution in [3.05, 3.63) is 95.3 Å². The summed E-state index contributed by atoms with van der Waals surface area (Å²) in [4.78, 5) is 4.30. The van der Waals surface area contributed by atoms with E-state index >= 15 is 0 Å². The summed E-state index contributed by atoms with van der Waals surface area (Å²) in [6.07, 6.45) is -2.96. The minimum atomic E-state index is -4.45. The summed E-state index contributed by atoms with van der Waals surface area (Å²) in [6, 6.07) is 21.8. The summed E-state index contributed by atoms with van der Waals surface area (Å²) in [5, 5.41) is 2.56. The fourth-order valence-electron chi connectivity index (χ4n) is 3.66. The van der Waals surface area contributed by atoms with Crippen LogP contribution in [0.25, 0.3) is 28.2 Å². The van der Waals surface area contributed by atoms with E-state index < -0.39 is 23.8 Å². The molecule has 0 aliphatic heterocycles. The number of rotatable bonds is 7. The SMILES string of the molecule is O=S(O)Cc1cc(-c2ccccc2)ccc1-n1cc(C(=S)NCC(F)(F)F)nc1-c1ccccc1Cl. The fraction of sp³-hybridized carbons (Fsp3) is 0.120. The Bertz CT molecular complexity index is 1430. The Balaban J connectivity index is 1.86. The highest BCUT2D eigenvalue weighted by Gasteiger charge is 2.28. The lowest BCUT2D eigenvalue weighted by Crippen LogP contribution is -2.33. The molecule has 1 heterocycles. The van der Waals surface area contributed by atoms with Crippen LogP contribution in [0.15, 0.2) is 79.0 Å². The molecule has 0 radical (unpaired) electrons. The highest BCUT2D eigenvalue weighted by Crippen LogP contribution is 2.32. The van der Waals surface area contributed by atoms with Crippen molar-refractivity contribution in [1.82, 2.24) is 14.9 Å². The highest BCUT2D eigenvalue weighted by atomic mass is 35.5. The third-order valence-electron chi connectivity index (χ3n) is 5.23. The number of thiocarbonyl (C=S) groups is 1. The van der Waals surface area contributed by atoms with Crippen molar-refractivity contribution in [2.24, 2.45) is 0 Å². The first-order valence-corrected chi connectivity index (χ1v) is 12.6. The van der Waals surface area contributed by atoms with Gasteiger partial charge in [-0.2, -0.15) is 13.2 Å². The van der Waals surface area contributed by atoms with Crippen LogP contribution in [0.3, 0.4) is 0 Å². The molecule has 0 aliphatic rings. The van der Waals surface area contributed by atoms with E-state index in [9.17, 15) is 21.9 Å². The normalized spacial score (nSPS) is 12.4. The number of hydrogen-bond donors (Lipinski definition) is 2. The predicted molar refractivity (Wildman–Crippen MR) is 140 cm³/mol. The minimum absolute atomic E-state index is 0.104. The molecule has 5 nitrogen and oxygen atoms in total. The van der Waals surface area contributed by atoms with Gasteiger partial charge in [-0.1, -0.05) is 72.3 Å². The standard InChI is InChI=1S/C25H19ClF3N3O2S2/c26-20-9-5-4-8-19(20)23-31-21(24(35)30-15-25(27,28)29)13-32(23)22-11-10-17(12-18(22)14-36(33)34)16-6-2-1-3-7-16/h1-13H,14-15H2,(H,30,35)(H,33,34). The van der Waals surface area contributed by atoms with Gasteiger partial charge < -0.3 is 9.87 Å². The Morgan fingerprint density at radius 1 is 1.06 bits per heavy atom. The number of nitrogens with one attached hydrogen (secondary N) is 1. The first-order valence-electron chi connectivity index (χ1n) is 10.6. The number of alkyl halides is 3. The van der Waals surface area contributed by atoms with E-state index in [0.717, 1.165) is 11.1 Å². The molecular formula is C25H19ClF3N3O2S2. The summed E-state index contributed by atoms with van der Waals surface area (Å²) in [5.74, 6) is 0.145. The van der Waals surface area contributed by atoms with Gasteiger partial charge in [0.25, 0.3) is 0 Å². The Morgan fingerprint density at radius 3 is 2.42 bits per heavy atom. The largest absolute Gasteiger partial charge is 0.405 e. The number of imidazole rings is 1. The maximum absolute atomic E-state index is 12.7. The summed E-state index contributed by atoms with van der Waals surface area (Å²) < 4.78 is 61.3. The first-order chi connectivity index (χ1) is 17.1. The second kappa shape index (κ2) is 10.9. The lowest BCUT2D eigenvalue weighted by atomic mass is 10.0. The minimum Gasteiger partial charge on any atom is -0.366 e. The molecule has 11 heteroatoms. The Kier molecular flexibility index (Phi) is 7.89. The molecule has 0 spiro atoms. The van der Waals surface area contributed by atoms with Crippen molar-refractivity contribution in [2.45, 2.75) is 11.9 Å². The van der Waals surface area contributed by atoms with Crippen molar-refractivity contribution >= 4 is 39.9 Å². The van der Waals surface area contributed by atoms with Gasteiger partial charge in [0.05, 0.1) is 16.5 Å². The lowest BCUT2D eigenvalue weighted by Gasteiger charge is -2.15. The lowest BCUT2D eigenvalue weighted by molar-refractivity contribution is -0.121. The third kappa shape index (κ3) is 6.19. The van der Waals surface area contributed by atoms with Gasteiger partial charge in [-0.25, -0.2) is 9.19 Å². The Hall–Kier alpha value is -3.05. The topological polar surface area (TPSA) is 67.2 Å². The van der Waals surface area contributed by atoms with E-state index in [0.29, 0.717) is 27.7 Å². The Labute approximate surface area is 218 Å².